The van der Waals surface area contributed by atoms with E-state index in [1.165, 1.54) is 23.5 Å². The van der Waals surface area contributed by atoms with Crippen LogP contribution in [0.1, 0.15) is 16.8 Å². The Kier molecular flexibility index (Phi) is 6.47. The number of anilines is 1. The van der Waals surface area contributed by atoms with Crippen LogP contribution in [-0.4, -0.2) is 43.0 Å². The number of hydrogen-bond acceptors (Lipinski definition) is 4. The molecule has 8 heteroatoms. The van der Waals surface area contributed by atoms with Gasteiger partial charge in [0.15, 0.2) is 5.13 Å². The first-order valence-corrected chi connectivity index (χ1v) is 10.3. The number of carbonyl (C=O) groups is 1. The van der Waals surface area contributed by atoms with Gasteiger partial charge < -0.3 is 4.90 Å². The van der Waals surface area contributed by atoms with E-state index in [-0.39, 0.29) is 11.7 Å². The highest BCUT2D eigenvalue weighted by atomic mass is 79.9. The molecule has 0 aliphatic rings. The Labute approximate surface area is 174 Å². The van der Waals surface area contributed by atoms with Gasteiger partial charge in [0, 0.05) is 11.0 Å². The van der Waals surface area contributed by atoms with Crippen molar-refractivity contribution in [3.05, 3.63) is 57.3 Å². The molecule has 0 atom stereocenters. The van der Waals surface area contributed by atoms with Crippen LogP contribution in [0.3, 0.4) is 0 Å². The summed E-state index contributed by atoms with van der Waals surface area (Å²) >= 11 is 10.9. The third kappa shape index (κ3) is 4.85. The maximum Gasteiger partial charge on any atom is 0.261 e. The van der Waals surface area contributed by atoms with Crippen LogP contribution >= 0.6 is 38.9 Å². The zero-order chi connectivity index (χ0) is 19.6. The number of rotatable bonds is 6. The molecule has 2 aromatic carbocycles. The molecule has 3 aromatic rings. The average molecular weight is 471 g/mol. The Morgan fingerprint density at radius 3 is 2.74 bits per heavy atom. The largest absolute Gasteiger partial charge is 0.309 e. The molecule has 0 saturated heterocycles. The number of fused-ring (bicyclic) bond motifs is 1. The zero-order valence-electron chi connectivity index (χ0n) is 14.9. The summed E-state index contributed by atoms with van der Waals surface area (Å²) in [6.07, 6.45) is 0.772. The van der Waals surface area contributed by atoms with Gasteiger partial charge in [-0.25, -0.2) is 9.37 Å². The SMILES string of the molecule is CN(C)CCCN(C(=O)c1cc(Br)ccc1Cl)c1nc2ccc(F)cc2s1. The highest BCUT2D eigenvalue weighted by Gasteiger charge is 2.23. The summed E-state index contributed by atoms with van der Waals surface area (Å²) < 4.78 is 15.0. The quantitative estimate of drug-likeness (QED) is 0.481. The van der Waals surface area contributed by atoms with Crippen molar-refractivity contribution in [1.29, 1.82) is 0 Å². The van der Waals surface area contributed by atoms with Crippen molar-refractivity contribution in [3.8, 4) is 0 Å². The van der Waals surface area contributed by atoms with Crippen LogP contribution in [-0.2, 0) is 0 Å². The minimum atomic E-state index is -0.321. The van der Waals surface area contributed by atoms with Gasteiger partial charge in [-0.1, -0.05) is 38.9 Å². The van der Waals surface area contributed by atoms with E-state index >= 15 is 0 Å². The Hall–Kier alpha value is -1.54. The summed E-state index contributed by atoms with van der Waals surface area (Å²) in [5.74, 6) is -0.544. The molecule has 0 fully saturated rings. The Morgan fingerprint density at radius 1 is 1.22 bits per heavy atom. The molecule has 0 radical (unpaired) electrons. The van der Waals surface area contributed by atoms with Crippen molar-refractivity contribution in [1.82, 2.24) is 9.88 Å². The molecule has 1 amide bonds. The lowest BCUT2D eigenvalue weighted by molar-refractivity contribution is 0.0986. The van der Waals surface area contributed by atoms with Crippen molar-refractivity contribution in [2.45, 2.75) is 6.42 Å². The Balaban J connectivity index is 1.98. The molecule has 4 nitrogen and oxygen atoms in total. The fourth-order valence-electron chi connectivity index (χ4n) is 2.64. The summed E-state index contributed by atoms with van der Waals surface area (Å²) in [4.78, 5) is 21.5. The van der Waals surface area contributed by atoms with Crippen molar-refractivity contribution >= 4 is 60.1 Å². The van der Waals surface area contributed by atoms with Crippen LogP contribution in [0.5, 0.6) is 0 Å². The fourth-order valence-corrected chi connectivity index (χ4v) is 4.21. The second kappa shape index (κ2) is 8.65. The summed E-state index contributed by atoms with van der Waals surface area (Å²) in [6, 6.07) is 9.61. The molecule has 142 valence electrons. The molecule has 0 aliphatic heterocycles. The summed E-state index contributed by atoms with van der Waals surface area (Å²) in [7, 11) is 3.97. The van der Waals surface area contributed by atoms with Crippen LogP contribution < -0.4 is 4.90 Å². The van der Waals surface area contributed by atoms with E-state index in [4.69, 9.17) is 11.6 Å². The smallest absolute Gasteiger partial charge is 0.261 e. The van der Waals surface area contributed by atoms with E-state index in [2.05, 4.69) is 25.8 Å². The van der Waals surface area contributed by atoms with Crippen LogP contribution in [0.25, 0.3) is 10.2 Å². The molecule has 0 aliphatic carbocycles. The van der Waals surface area contributed by atoms with Gasteiger partial charge in [-0.3, -0.25) is 9.69 Å². The number of aromatic nitrogens is 1. The van der Waals surface area contributed by atoms with Crippen molar-refractivity contribution in [2.75, 3.05) is 32.1 Å². The molecule has 1 aromatic heterocycles. The molecule has 0 spiro atoms. The van der Waals surface area contributed by atoms with Gasteiger partial charge in [0.25, 0.3) is 5.91 Å². The molecular formula is C19H18BrClFN3OS. The Bertz CT molecular complexity index is 979. The molecular weight excluding hydrogens is 453 g/mol. The first-order chi connectivity index (χ1) is 12.8. The van der Waals surface area contributed by atoms with Gasteiger partial charge in [0.2, 0.25) is 0 Å². The maximum atomic E-state index is 13.5. The Morgan fingerprint density at radius 2 is 2.00 bits per heavy atom. The summed E-state index contributed by atoms with van der Waals surface area (Å²) in [6.45, 7) is 1.32. The maximum absolute atomic E-state index is 13.5. The van der Waals surface area contributed by atoms with Crippen molar-refractivity contribution in [3.63, 3.8) is 0 Å². The number of benzene rings is 2. The van der Waals surface area contributed by atoms with Gasteiger partial charge in [0.1, 0.15) is 5.82 Å². The number of nitrogens with zero attached hydrogens (tertiary/aromatic N) is 3. The van der Waals surface area contributed by atoms with E-state index in [0.29, 0.717) is 32.5 Å². The third-order valence-electron chi connectivity index (χ3n) is 3.96. The van der Waals surface area contributed by atoms with Crippen LogP contribution in [0.15, 0.2) is 40.9 Å². The summed E-state index contributed by atoms with van der Waals surface area (Å²) in [5, 5.41) is 0.920. The average Bonchev–Trinajstić information content (AvgIpc) is 3.02. The molecule has 1 heterocycles. The second-order valence-corrected chi connectivity index (χ2v) is 8.68. The topological polar surface area (TPSA) is 36.4 Å². The van der Waals surface area contributed by atoms with E-state index in [9.17, 15) is 9.18 Å². The number of hydrogen-bond donors (Lipinski definition) is 0. The number of carbonyl (C=O) groups excluding carboxylic acids is 1. The lowest BCUT2D eigenvalue weighted by Crippen LogP contribution is -2.33. The lowest BCUT2D eigenvalue weighted by atomic mass is 10.2. The van der Waals surface area contributed by atoms with Gasteiger partial charge in [-0.15, -0.1) is 0 Å². The van der Waals surface area contributed by atoms with Gasteiger partial charge in [0.05, 0.1) is 20.8 Å². The molecule has 3 rings (SSSR count). The van der Waals surface area contributed by atoms with Gasteiger partial charge >= 0.3 is 0 Å². The first kappa shape index (κ1) is 20.2. The van der Waals surface area contributed by atoms with Gasteiger partial charge in [-0.2, -0.15) is 0 Å². The lowest BCUT2D eigenvalue weighted by Gasteiger charge is -2.21. The van der Waals surface area contributed by atoms with E-state index in [1.807, 2.05) is 14.1 Å². The molecule has 0 N–H and O–H groups in total. The number of amides is 1. The van der Waals surface area contributed by atoms with E-state index in [1.54, 1.807) is 29.2 Å². The normalized spacial score (nSPS) is 11.3. The molecule has 0 bridgehead atoms. The fraction of sp³-hybridized carbons (Fsp3) is 0.263. The number of halogens is 3. The standard InChI is InChI=1S/C19H18BrClFN3OS/c1-24(2)8-3-9-25(18(26)14-10-12(20)4-6-15(14)21)19-23-16-7-5-13(22)11-17(16)27-19/h4-7,10-11H,3,8-9H2,1-2H3. The van der Waals surface area contributed by atoms with Gasteiger partial charge in [-0.05, 0) is 63.5 Å². The number of thiazole rings is 1. The third-order valence-corrected chi connectivity index (χ3v) is 5.83. The predicted octanol–water partition coefficient (Wildman–Crippen LogP) is 5.45. The second-order valence-electron chi connectivity index (χ2n) is 6.35. The van der Waals surface area contributed by atoms with Crippen LogP contribution in [0.4, 0.5) is 9.52 Å². The predicted molar refractivity (Wildman–Crippen MR) is 114 cm³/mol. The molecule has 0 unspecified atom stereocenters. The van der Waals surface area contributed by atoms with Crippen LogP contribution in [0.2, 0.25) is 5.02 Å². The van der Waals surface area contributed by atoms with Crippen molar-refractivity contribution in [2.24, 2.45) is 0 Å². The minimum Gasteiger partial charge on any atom is -0.309 e. The van der Waals surface area contributed by atoms with Crippen LogP contribution in [0, 0.1) is 5.82 Å². The minimum absolute atomic E-state index is 0.223. The van der Waals surface area contributed by atoms with E-state index in [0.717, 1.165) is 17.4 Å². The molecule has 0 saturated carbocycles. The zero-order valence-corrected chi connectivity index (χ0v) is 18.0. The summed E-state index contributed by atoms with van der Waals surface area (Å²) in [5.41, 5.74) is 1.07. The van der Waals surface area contributed by atoms with E-state index < -0.39 is 0 Å². The highest BCUT2D eigenvalue weighted by molar-refractivity contribution is 9.10. The van der Waals surface area contributed by atoms with Crippen molar-refractivity contribution < 1.29 is 9.18 Å². The monoisotopic (exact) mass is 469 g/mol. The first-order valence-electron chi connectivity index (χ1n) is 8.33. The molecule has 27 heavy (non-hydrogen) atoms. The highest BCUT2D eigenvalue weighted by Crippen LogP contribution is 2.32.